The molecule has 0 fully saturated rings. The van der Waals surface area contributed by atoms with Gasteiger partial charge in [0, 0.05) is 23.2 Å². The molecule has 4 rings (SSSR count). The second-order valence-electron chi connectivity index (χ2n) is 16.2. The Bertz CT molecular complexity index is 1450. The fourth-order valence-corrected chi connectivity index (χ4v) is 8.46. The van der Waals surface area contributed by atoms with Crippen LogP contribution in [-0.4, -0.2) is 0 Å². The van der Waals surface area contributed by atoms with Crippen molar-refractivity contribution >= 4 is 11.4 Å². The van der Waals surface area contributed by atoms with Gasteiger partial charge in [0.25, 0.3) is 0 Å². The molecular formula is C51H74N2. The van der Waals surface area contributed by atoms with E-state index in [0.717, 1.165) is 11.4 Å². The highest BCUT2D eigenvalue weighted by Gasteiger charge is 2.18. The van der Waals surface area contributed by atoms with E-state index in [9.17, 15) is 0 Å². The summed E-state index contributed by atoms with van der Waals surface area (Å²) in [7, 11) is 0. The number of hydrogen-bond acceptors (Lipinski definition) is 2. The van der Waals surface area contributed by atoms with Crippen LogP contribution in [0.1, 0.15) is 192 Å². The summed E-state index contributed by atoms with van der Waals surface area (Å²) in [5.74, 6) is 0.925. The number of benzene rings is 4. The van der Waals surface area contributed by atoms with Gasteiger partial charge in [0.05, 0.1) is 0 Å². The zero-order valence-corrected chi connectivity index (χ0v) is 34.2. The van der Waals surface area contributed by atoms with E-state index in [0.29, 0.717) is 11.8 Å². The Hall–Kier alpha value is -3.52. The third-order valence-corrected chi connectivity index (χ3v) is 11.7. The average Bonchev–Trinajstić information content (AvgIpc) is 3.15. The lowest BCUT2D eigenvalue weighted by Gasteiger charge is -2.21. The molecule has 0 aromatic heterocycles. The fraction of sp³-hybridized carbons (Fsp3) is 0.529. The van der Waals surface area contributed by atoms with E-state index >= 15 is 0 Å². The largest absolute Gasteiger partial charge is 0.399 e. The number of aryl methyl sites for hydroxylation is 4. The van der Waals surface area contributed by atoms with E-state index in [2.05, 4.69) is 113 Å². The van der Waals surface area contributed by atoms with Crippen molar-refractivity contribution in [3.05, 3.63) is 129 Å². The van der Waals surface area contributed by atoms with Gasteiger partial charge in [-0.2, -0.15) is 0 Å². The molecule has 2 atom stereocenters. The van der Waals surface area contributed by atoms with Crippen molar-refractivity contribution in [3.8, 4) is 0 Å². The Labute approximate surface area is 325 Å². The average molecular weight is 715 g/mol. The number of nitrogens with two attached hydrogens (primary N) is 2. The summed E-state index contributed by atoms with van der Waals surface area (Å²) in [5, 5.41) is 0. The SMILES string of the molecule is CCCCCC(c1ccc(CCCCCCCCCCCCCc2ccc(C(CCCCC)c3ccc(N)cc3C)cc2)cc1)c1ccc(N)cc1C. The minimum absolute atomic E-state index is 0.462. The zero-order valence-electron chi connectivity index (χ0n) is 34.2. The minimum Gasteiger partial charge on any atom is -0.399 e. The maximum Gasteiger partial charge on any atom is 0.0316 e. The lowest BCUT2D eigenvalue weighted by atomic mass is 9.84. The molecule has 4 aromatic carbocycles. The Balaban J connectivity index is 1.05. The van der Waals surface area contributed by atoms with Crippen molar-refractivity contribution in [2.24, 2.45) is 0 Å². The van der Waals surface area contributed by atoms with Crippen LogP contribution in [-0.2, 0) is 12.8 Å². The van der Waals surface area contributed by atoms with Gasteiger partial charge < -0.3 is 11.5 Å². The molecule has 0 saturated heterocycles. The standard InChI is InChI=1S/C51H74N2/c1-5-7-18-24-50(48-36-34-46(52)38-40(48)3)44-30-26-42(27-31-44)22-20-16-14-12-10-9-11-13-15-17-21-23-43-28-32-45(33-29-43)51(25-19-8-6-2)49-37-35-47(53)39-41(49)4/h26-39,50-51H,5-25,52-53H2,1-4H3. The molecule has 53 heavy (non-hydrogen) atoms. The summed E-state index contributed by atoms with van der Waals surface area (Å²) >= 11 is 0. The maximum absolute atomic E-state index is 6.07. The van der Waals surface area contributed by atoms with Crippen molar-refractivity contribution in [2.75, 3.05) is 11.5 Å². The number of hydrogen-bond donors (Lipinski definition) is 2. The molecule has 2 nitrogen and oxygen atoms in total. The normalized spacial score (nSPS) is 12.6. The predicted octanol–water partition coefficient (Wildman–Crippen LogP) is 15.0. The molecule has 0 bridgehead atoms. The molecule has 288 valence electrons. The summed E-state index contributed by atoms with van der Waals surface area (Å²) in [6.07, 6.45) is 27.6. The molecule has 0 aliphatic rings. The van der Waals surface area contributed by atoms with Crippen LogP contribution in [0.15, 0.2) is 84.9 Å². The molecule has 0 aliphatic heterocycles. The Kier molecular flexibility index (Phi) is 19.1. The van der Waals surface area contributed by atoms with Crippen LogP contribution in [0.3, 0.4) is 0 Å². The summed E-state index contributed by atoms with van der Waals surface area (Å²) < 4.78 is 0. The molecule has 0 saturated carbocycles. The molecule has 4 aromatic rings. The Morgan fingerprint density at radius 1 is 0.396 bits per heavy atom. The first-order chi connectivity index (χ1) is 25.9. The topological polar surface area (TPSA) is 52.0 Å². The van der Waals surface area contributed by atoms with Crippen molar-refractivity contribution in [1.82, 2.24) is 0 Å². The van der Waals surface area contributed by atoms with Crippen LogP contribution >= 0.6 is 0 Å². The van der Waals surface area contributed by atoms with Gasteiger partial charge in [-0.3, -0.25) is 0 Å². The van der Waals surface area contributed by atoms with Gasteiger partial charge in [-0.05, 0) is 121 Å². The number of rotatable bonds is 26. The number of unbranched alkanes of at least 4 members (excludes halogenated alkanes) is 14. The van der Waals surface area contributed by atoms with Crippen molar-refractivity contribution in [3.63, 3.8) is 0 Å². The highest BCUT2D eigenvalue weighted by molar-refractivity contribution is 5.49. The Morgan fingerprint density at radius 2 is 0.736 bits per heavy atom. The quantitative estimate of drug-likeness (QED) is 0.0502. The van der Waals surface area contributed by atoms with Crippen LogP contribution in [0.5, 0.6) is 0 Å². The van der Waals surface area contributed by atoms with E-state index < -0.39 is 0 Å². The first kappa shape index (κ1) is 42.2. The van der Waals surface area contributed by atoms with Crippen LogP contribution in [0.25, 0.3) is 0 Å². The first-order valence-electron chi connectivity index (χ1n) is 21.8. The van der Waals surface area contributed by atoms with E-state index in [1.807, 2.05) is 0 Å². The highest BCUT2D eigenvalue weighted by Crippen LogP contribution is 2.35. The molecule has 0 amide bonds. The highest BCUT2D eigenvalue weighted by atomic mass is 14.5. The van der Waals surface area contributed by atoms with E-state index in [4.69, 9.17) is 11.5 Å². The molecule has 0 heterocycles. The second kappa shape index (κ2) is 24.0. The van der Waals surface area contributed by atoms with Crippen molar-refractivity contribution < 1.29 is 0 Å². The number of nitrogen functional groups attached to an aromatic ring is 2. The van der Waals surface area contributed by atoms with Crippen LogP contribution in [0.2, 0.25) is 0 Å². The van der Waals surface area contributed by atoms with Crippen molar-refractivity contribution in [1.29, 1.82) is 0 Å². The van der Waals surface area contributed by atoms with Crippen LogP contribution in [0.4, 0.5) is 11.4 Å². The van der Waals surface area contributed by atoms with E-state index in [-0.39, 0.29) is 0 Å². The molecular weight excluding hydrogens is 641 g/mol. The van der Waals surface area contributed by atoms with Gasteiger partial charge in [0.2, 0.25) is 0 Å². The molecule has 2 heteroatoms. The molecule has 0 radical (unpaired) electrons. The van der Waals surface area contributed by atoms with Gasteiger partial charge >= 0.3 is 0 Å². The van der Waals surface area contributed by atoms with Crippen molar-refractivity contribution in [2.45, 2.75) is 174 Å². The third-order valence-electron chi connectivity index (χ3n) is 11.7. The van der Waals surface area contributed by atoms with E-state index in [1.165, 1.54) is 179 Å². The predicted molar refractivity (Wildman–Crippen MR) is 234 cm³/mol. The maximum atomic E-state index is 6.07. The van der Waals surface area contributed by atoms with Gasteiger partial charge in [0.1, 0.15) is 0 Å². The lowest BCUT2D eigenvalue weighted by Crippen LogP contribution is -2.05. The molecule has 4 N–H and O–H groups in total. The number of anilines is 2. The van der Waals surface area contributed by atoms with Gasteiger partial charge in [-0.15, -0.1) is 0 Å². The molecule has 2 unspecified atom stereocenters. The summed E-state index contributed by atoms with van der Waals surface area (Å²) in [5.41, 5.74) is 25.3. The van der Waals surface area contributed by atoms with Gasteiger partial charge in [-0.25, -0.2) is 0 Å². The van der Waals surface area contributed by atoms with Gasteiger partial charge in [-0.1, -0.05) is 171 Å². The van der Waals surface area contributed by atoms with Gasteiger partial charge in [0.15, 0.2) is 0 Å². The second-order valence-corrected chi connectivity index (χ2v) is 16.2. The molecule has 0 aliphatic carbocycles. The lowest BCUT2D eigenvalue weighted by molar-refractivity contribution is 0.545. The summed E-state index contributed by atoms with van der Waals surface area (Å²) in [6, 6.07) is 32.1. The zero-order chi connectivity index (χ0) is 37.7. The monoisotopic (exact) mass is 715 g/mol. The third kappa shape index (κ3) is 14.7. The van der Waals surface area contributed by atoms with Crippen LogP contribution in [0, 0.1) is 13.8 Å². The smallest absolute Gasteiger partial charge is 0.0316 e. The molecule has 0 spiro atoms. The minimum atomic E-state index is 0.462. The van der Waals surface area contributed by atoms with E-state index in [1.54, 1.807) is 0 Å². The fourth-order valence-electron chi connectivity index (χ4n) is 8.46. The van der Waals surface area contributed by atoms with Crippen LogP contribution < -0.4 is 11.5 Å². The summed E-state index contributed by atoms with van der Waals surface area (Å²) in [4.78, 5) is 0. The first-order valence-corrected chi connectivity index (χ1v) is 21.8. The Morgan fingerprint density at radius 3 is 1.06 bits per heavy atom. The summed E-state index contributed by atoms with van der Waals surface area (Å²) in [6.45, 7) is 9.00.